The minimum atomic E-state index is -0.956. The number of carbonyl (C=O) groups is 2. The molecule has 1 unspecified atom stereocenters. The molecule has 0 saturated carbocycles. The van der Waals surface area contributed by atoms with Crippen molar-refractivity contribution in [3.63, 3.8) is 0 Å². The molecule has 1 N–H and O–H groups in total. The number of amides is 1. The minimum Gasteiger partial charge on any atom is -0.507 e. The van der Waals surface area contributed by atoms with E-state index in [0.717, 1.165) is 37.3 Å². The number of fused-ring (bicyclic) bond motifs is 1. The van der Waals surface area contributed by atoms with Gasteiger partial charge in [0.1, 0.15) is 17.3 Å². The van der Waals surface area contributed by atoms with Gasteiger partial charge in [0, 0.05) is 11.3 Å². The van der Waals surface area contributed by atoms with Gasteiger partial charge in [-0.05, 0) is 78.8 Å². The maximum absolute atomic E-state index is 13.9. The number of nitrogens with zero attached hydrogens (tertiary/aromatic N) is 1. The van der Waals surface area contributed by atoms with Crippen LogP contribution in [0.4, 0.5) is 10.1 Å². The van der Waals surface area contributed by atoms with Gasteiger partial charge in [-0.2, -0.15) is 0 Å². The highest BCUT2D eigenvalue weighted by Crippen LogP contribution is 2.43. The fourth-order valence-electron chi connectivity index (χ4n) is 4.90. The van der Waals surface area contributed by atoms with Crippen molar-refractivity contribution in [2.75, 3.05) is 12.0 Å². The maximum atomic E-state index is 13.9. The van der Waals surface area contributed by atoms with Gasteiger partial charge in [-0.15, -0.1) is 0 Å². The maximum Gasteiger partial charge on any atom is 0.300 e. The average molecular weight is 492 g/mol. The van der Waals surface area contributed by atoms with Gasteiger partial charge in [0.25, 0.3) is 11.7 Å². The molecule has 0 aromatic heterocycles. The second kappa shape index (κ2) is 9.19. The number of hydrogen-bond donors (Lipinski definition) is 1. The van der Waals surface area contributed by atoms with Gasteiger partial charge in [-0.3, -0.25) is 14.5 Å². The minimum absolute atomic E-state index is 0.0422. The first-order valence-corrected chi connectivity index (χ1v) is 11.8. The molecule has 5 nitrogen and oxygen atoms in total. The SMILES string of the molecule is COc1cccc(C2/C(=C(/O)c3ccc4c(c3)CCCC4)C(=O)C(=O)N2c2ccc(F)c(Cl)c2)c1. The van der Waals surface area contributed by atoms with Crippen molar-refractivity contribution in [2.24, 2.45) is 0 Å². The molecule has 35 heavy (non-hydrogen) atoms. The third-order valence-corrected chi connectivity index (χ3v) is 6.95. The molecule has 1 aliphatic heterocycles. The summed E-state index contributed by atoms with van der Waals surface area (Å²) in [4.78, 5) is 27.9. The molecule has 3 aromatic rings. The van der Waals surface area contributed by atoms with Crippen LogP contribution in [0, 0.1) is 5.82 Å². The summed E-state index contributed by atoms with van der Waals surface area (Å²) < 4.78 is 19.2. The van der Waals surface area contributed by atoms with Crippen molar-refractivity contribution in [2.45, 2.75) is 31.7 Å². The summed E-state index contributed by atoms with van der Waals surface area (Å²) in [5.41, 5.74) is 3.61. The molecular weight excluding hydrogens is 469 g/mol. The largest absolute Gasteiger partial charge is 0.507 e. The number of anilines is 1. The van der Waals surface area contributed by atoms with Crippen molar-refractivity contribution >= 4 is 34.7 Å². The Hall–Kier alpha value is -3.64. The summed E-state index contributed by atoms with van der Waals surface area (Å²) in [5.74, 6) is -2.02. The van der Waals surface area contributed by atoms with Crippen molar-refractivity contribution < 1.29 is 23.8 Å². The Morgan fingerprint density at radius 3 is 2.54 bits per heavy atom. The summed E-state index contributed by atoms with van der Waals surface area (Å²) in [7, 11) is 1.52. The average Bonchev–Trinajstić information content (AvgIpc) is 3.15. The van der Waals surface area contributed by atoms with Gasteiger partial charge in [-0.25, -0.2) is 4.39 Å². The first kappa shape index (κ1) is 23.1. The smallest absolute Gasteiger partial charge is 0.300 e. The number of carbonyl (C=O) groups excluding carboxylic acids is 2. The van der Waals surface area contributed by atoms with Crippen molar-refractivity contribution in [3.05, 3.63) is 99.3 Å². The first-order valence-electron chi connectivity index (χ1n) is 11.4. The highest BCUT2D eigenvalue weighted by atomic mass is 35.5. The number of aliphatic hydroxyl groups excluding tert-OH is 1. The number of methoxy groups -OCH3 is 1. The lowest BCUT2D eigenvalue weighted by Gasteiger charge is -2.26. The molecular formula is C28H23ClFNO4. The Balaban J connectivity index is 1.71. The van der Waals surface area contributed by atoms with E-state index in [1.165, 1.54) is 29.7 Å². The number of ketones is 1. The summed E-state index contributed by atoms with van der Waals surface area (Å²) in [5, 5.41) is 11.2. The van der Waals surface area contributed by atoms with Gasteiger partial charge in [0.05, 0.1) is 23.7 Å². The summed E-state index contributed by atoms with van der Waals surface area (Å²) >= 11 is 6.00. The zero-order valence-electron chi connectivity index (χ0n) is 19.1. The van der Waals surface area contributed by atoms with Crippen LogP contribution in [0.1, 0.15) is 41.1 Å². The number of aryl methyl sites for hydroxylation is 2. The lowest BCUT2D eigenvalue weighted by Crippen LogP contribution is -2.29. The van der Waals surface area contributed by atoms with Crippen LogP contribution < -0.4 is 9.64 Å². The number of aliphatic hydroxyl groups is 1. The molecule has 1 atom stereocenters. The topological polar surface area (TPSA) is 66.8 Å². The van der Waals surface area contributed by atoms with E-state index in [9.17, 15) is 19.1 Å². The third-order valence-electron chi connectivity index (χ3n) is 6.66. The zero-order valence-corrected chi connectivity index (χ0v) is 19.8. The highest BCUT2D eigenvalue weighted by molar-refractivity contribution is 6.51. The third kappa shape index (κ3) is 4.08. The van der Waals surface area contributed by atoms with Crippen LogP contribution in [-0.2, 0) is 22.4 Å². The van der Waals surface area contributed by atoms with Crippen molar-refractivity contribution in [1.82, 2.24) is 0 Å². The summed E-state index contributed by atoms with van der Waals surface area (Å²) in [6.45, 7) is 0. The van der Waals surface area contributed by atoms with E-state index in [0.29, 0.717) is 16.9 Å². The number of rotatable bonds is 4. The van der Waals surface area contributed by atoms with E-state index in [-0.39, 0.29) is 22.0 Å². The van der Waals surface area contributed by atoms with Gasteiger partial charge in [0.2, 0.25) is 0 Å². The van der Waals surface area contributed by atoms with Crippen LogP contribution in [0.25, 0.3) is 5.76 Å². The first-order chi connectivity index (χ1) is 16.9. The Morgan fingerprint density at radius 2 is 1.80 bits per heavy atom. The standard InChI is InChI=1S/C28H23ClFNO4/c1-35-21-8-4-7-18(14-21)25-24(26(32)19-10-9-16-5-2-3-6-17(16)13-19)27(33)28(34)31(25)20-11-12-23(30)22(29)15-20/h4,7-15,25,32H,2-3,5-6H2,1H3/b26-24-. The lowest BCUT2D eigenvalue weighted by molar-refractivity contribution is -0.132. The van der Waals surface area contributed by atoms with Gasteiger partial charge in [-0.1, -0.05) is 35.9 Å². The highest BCUT2D eigenvalue weighted by Gasteiger charge is 2.47. The van der Waals surface area contributed by atoms with Crippen LogP contribution in [0.5, 0.6) is 5.75 Å². The Labute approximate surface area is 207 Å². The second-order valence-electron chi connectivity index (χ2n) is 8.73. The van der Waals surface area contributed by atoms with E-state index in [1.807, 2.05) is 12.1 Å². The van der Waals surface area contributed by atoms with Gasteiger partial charge < -0.3 is 9.84 Å². The molecule has 2 aliphatic rings. The monoisotopic (exact) mass is 491 g/mol. The molecule has 1 fully saturated rings. The quantitative estimate of drug-likeness (QED) is 0.276. The molecule has 0 bridgehead atoms. The molecule has 1 aliphatic carbocycles. The molecule has 0 spiro atoms. The predicted octanol–water partition coefficient (Wildman–Crippen LogP) is 5.99. The lowest BCUT2D eigenvalue weighted by atomic mass is 9.88. The number of halogens is 2. The van der Waals surface area contributed by atoms with Crippen LogP contribution in [0.15, 0.2) is 66.2 Å². The predicted molar refractivity (Wildman–Crippen MR) is 132 cm³/mol. The molecule has 0 radical (unpaired) electrons. The molecule has 3 aromatic carbocycles. The molecule has 1 amide bonds. The fourth-order valence-corrected chi connectivity index (χ4v) is 5.07. The van der Waals surface area contributed by atoms with Crippen LogP contribution >= 0.6 is 11.6 Å². The number of hydrogen-bond acceptors (Lipinski definition) is 4. The van der Waals surface area contributed by atoms with Crippen molar-refractivity contribution in [3.8, 4) is 5.75 Å². The Kier molecular flexibility index (Phi) is 6.07. The normalized spacial score (nSPS) is 19.1. The van der Waals surface area contributed by atoms with E-state index in [1.54, 1.807) is 30.3 Å². The number of benzene rings is 3. The number of ether oxygens (including phenoxy) is 1. The molecule has 7 heteroatoms. The van der Waals surface area contributed by atoms with E-state index >= 15 is 0 Å². The molecule has 1 heterocycles. The zero-order chi connectivity index (χ0) is 24.7. The summed E-state index contributed by atoms with van der Waals surface area (Å²) in [6.07, 6.45) is 4.07. The van der Waals surface area contributed by atoms with Gasteiger partial charge >= 0.3 is 0 Å². The van der Waals surface area contributed by atoms with Crippen molar-refractivity contribution in [1.29, 1.82) is 0 Å². The van der Waals surface area contributed by atoms with Crippen LogP contribution in [0.3, 0.4) is 0 Å². The van der Waals surface area contributed by atoms with Crippen LogP contribution in [-0.4, -0.2) is 23.9 Å². The fraction of sp³-hybridized carbons (Fsp3) is 0.214. The van der Waals surface area contributed by atoms with Crippen LogP contribution in [0.2, 0.25) is 5.02 Å². The second-order valence-corrected chi connectivity index (χ2v) is 9.14. The van der Waals surface area contributed by atoms with E-state index in [4.69, 9.17) is 16.3 Å². The van der Waals surface area contributed by atoms with E-state index < -0.39 is 23.5 Å². The summed E-state index contributed by atoms with van der Waals surface area (Å²) in [6, 6.07) is 15.5. The number of Topliss-reactive ketones (excluding diaryl/α,β-unsaturated/α-hetero) is 1. The molecule has 1 saturated heterocycles. The Bertz CT molecular complexity index is 1380. The Morgan fingerprint density at radius 1 is 1.03 bits per heavy atom. The molecule has 5 rings (SSSR count). The van der Waals surface area contributed by atoms with E-state index in [2.05, 4.69) is 0 Å². The van der Waals surface area contributed by atoms with Gasteiger partial charge in [0.15, 0.2) is 0 Å². The molecule has 178 valence electrons.